The molecule has 7 nitrogen and oxygen atoms in total. The van der Waals surface area contributed by atoms with Crippen LogP contribution in [-0.2, 0) is 21.2 Å². The molecule has 1 N–H and O–H groups in total. The Labute approximate surface area is 163 Å². The van der Waals surface area contributed by atoms with Crippen LogP contribution in [0.15, 0.2) is 22.5 Å². The number of piperidine rings is 1. The summed E-state index contributed by atoms with van der Waals surface area (Å²) in [5, 5.41) is 2.83. The first kappa shape index (κ1) is 19.9. The number of aromatic nitrogens is 2. The first-order chi connectivity index (χ1) is 12.7. The third kappa shape index (κ3) is 4.91. The lowest BCUT2D eigenvalue weighted by Crippen LogP contribution is -2.40. The van der Waals surface area contributed by atoms with Crippen LogP contribution in [0, 0.1) is 19.8 Å². The number of aryl methyl sites for hydroxylation is 2. The van der Waals surface area contributed by atoms with Gasteiger partial charge in [0, 0.05) is 31.4 Å². The number of hydrogen-bond acceptors (Lipinski definition) is 6. The number of anilines is 1. The molecule has 27 heavy (non-hydrogen) atoms. The molecule has 1 fully saturated rings. The maximum Gasteiger partial charge on any atom is 0.254 e. The van der Waals surface area contributed by atoms with Crippen LogP contribution in [0.25, 0.3) is 0 Å². The maximum absolute atomic E-state index is 13.0. The fourth-order valence-corrected chi connectivity index (χ4v) is 6.29. The quantitative estimate of drug-likeness (QED) is 0.821. The van der Waals surface area contributed by atoms with E-state index in [0.29, 0.717) is 18.2 Å². The summed E-state index contributed by atoms with van der Waals surface area (Å²) in [6, 6.07) is 4.15. The van der Waals surface area contributed by atoms with E-state index in [1.807, 2.05) is 13.8 Å². The molecule has 1 atom stereocenters. The van der Waals surface area contributed by atoms with E-state index < -0.39 is 10.0 Å². The molecule has 9 heteroatoms. The van der Waals surface area contributed by atoms with Gasteiger partial charge >= 0.3 is 0 Å². The minimum absolute atomic E-state index is 0.169. The van der Waals surface area contributed by atoms with Gasteiger partial charge in [0.15, 0.2) is 9.34 Å². The molecule has 2 aromatic rings. The fraction of sp³-hybridized carbons (Fsp3) is 0.500. The molecule has 2 aromatic heterocycles. The van der Waals surface area contributed by atoms with Crippen molar-refractivity contribution in [3.63, 3.8) is 0 Å². The van der Waals surface area contributed by atoms with Crippen molar-refractivity contribution in [2.24, 2.45) is 5.92 Å². The highest BCUT2D eigenvalue weighted by molar-refractivity contribution is 7.91. The van der Waals surface area contributed by atoms with Gasteiger partial charge in [0.25, 0.3) is 10.0 Å². The van der Waals surface area contributed by atoms with Crippen molar-refractivity contribution >= 4 is 32.4 Å². The molecule has 1 aliphatic heterocycles. The lowest BCUT2D eigenvalue weighted by molar-refractivity contribution is -0.114. The molecular weight excluding hydrogens is 384 g/mol. The van der Waals surface area contributed by atoms with Crippen LogP contribution in [0.5, 0.6) is 0 Å². The maximum atomic E-state index is 13.0. The predicted octanol–water partition coefficient (Wildman–Crippen LogP) is 2.76. The Balaban J connectivity index is 1.72. The lowest BCUT2D eigenvalue weighted by atomic mass is 9.92. The van der Waals surface area contributed by atoms with Gasteiger partial charge in [-0.05, 0) is 56.7 Å². The van der Waals surface area contributed by atoms with Gasteiger partial charge in [-0.1, -0.05) is 11.3 Å². The number of nitrogens with zero attached hydrogens (tertiary/aromatic N) is 3. The molecule has 146 valence electrons. The van der Waals surface area contributed by atoms with Crippen molar-refractivity contribution in [3.05, 3.63) is 35.3 Å². The molecule has 0 aromatic carbocycles. The van der Waals surface area contributed by atoms with Crippen molar-refractivity contribution in [2.75, 3.05) is 18.4 Å². The monoisotopic (exact) mass is 408 g/mol. The molecule has 3 heterocycles. The first-order valence-electron chi connectivity index (χ1n) is 8.92. The second-order valence-electron chi connectivity index (χ2n) is 7.00. The molecular formula is C18H24N4O3S2. The van der Waals surface area contributed by atoms with Gasteiger partial charge in [-0.2, -0.15) is 4.31 Å². The average Bonchev–Trinajstić information content (AvgIpc) is 3.02. The standard InChI is InChI=1S/C18H24N4O3S2/c1-12-7-16(8-13(2)20-12)9-15-5-4-6-22(11-15)27(24,25)17-10-19-18(26-17)21-14(3)23/h7-8,10,15H,4-6,9,11H2,1-3H3,(H,19,21,23). The van der Waals surface area contributed by atoms with Crippen LogP contribution >= 0.6 is 11.3 Å². The highest BCUT2D eigenvalue weighted by Crippen LogP contribution is 2.30. The van der Waals surface area contributed by atoms with Crippen molar-refractivity contribution in [3.8, 4) is 0 Å². The summed E-state index contributed by atoms with van der Waals surface area (Å²) >= 11 is 0.990. The third-order valence-electron chi connectivity index (χ3n) is 4.51. The molecule has 1 saturated heterocycles. The Morgan fingerprint density at radius 1 is 1.33 bits per heavy atom. The fourth-order valence-electron chi connectivity index (χ4n) is 3.50. The summed E-state index contributed by atoms with van der Waals surface area (Å²) in [7, 11) is -3.59. The largest absolute Gasteiger partial charge is 0.302 e. The van der Waals surface area contributed by atoms with Crippen LogP contribution in [0.3, 0.4) is 0 Å². The molecule has 0 bridgehead atoms. The zero-order valence-electron chi connectivity index (χ0n) is 15.7. The van der Waals surface area contributed by atoms with Crippen molar-refractivity contribution in [2.45, 2.75) is 44.2 Å². The second kappa shape index (κ2) is 8.04. The van der Waals surface area contributed by atoms with Crippen LogP contribution in [0.1, 0.15) is 36.7 Å². The number of hydrogen-bond donors (Lipinski definition) is 1. The van der Waals surface area contributed by atoms with E-state index in [4.69, 9.17) is 0 Å². The molecule has 0 aliphatic carbocycles. The minimum Gasteiger partial charge on any atom is -0.302 e. The molecule has 1 aliphatic rings. The Kier molecular flexibility index (Phi) is 5.92. The van der Waals surface area contributed by atoms with E-state index in [9.17, 15) is 13.2 Å². The molecule has 0 saturated carbocycles. The van der Waals surface area contributed by atoms with Crippen LogP contribution in [-0.4, -0.2) is 41.7 Å². The number of amides is 1. The summed E-state index contributed by atoms with van der Waals surface area (Å²) < 4.78 is 27.7. The van der Waals surface area contributed by atoms with E-state index in [1.54, 1.807) is 4.31 Å². The van der Waals surface area contributed by atoms with Gasteiger partial charge in [-0.25, -0.2) is 13.4 Å². The van der Waals surface area contributed by atoms with Crippen molar-refractivity contribution in [1.82, 2.24) is 14.3 Å². The average molecular weight is 409 g/mol. The molecule has 3 rings (SSSR count). The van der Waals surface area contributed by atoms with Gasteiger partial charge in [0.1, 0.15) is 0 Å². The van der Waals surface area contributed by atoms with Crippen molar-refractivity contribution in [1.29, 1.82) is 0 Å². The van der Waals surface area contributed by atoms with Gasteiger partial charge in [0.2, 0.25) is 5.91 Å². The highest BCUT2D eigenvalue weighted by atomic mass is 32.2. The van der Waals surface area contributed by atoms with Gasteiger partial charge in [0.05, 0.1) is 6.20 Å². The smallest absolute Gasteiger partial charge is 0.254 e. The molecule has 0 radical (unpaired) electrons. The number of pyridine rings is 1. The van der Waals surface area contributed by atoms with E-state index in [0.717, 1.165) is 42.0 Å². The van der Waals surface area contributed by atoms with Gasteiger partial charge in [-0.15, -0.1) is 0 Å². The van der Waals surface area contributed by atoms with E-state index in [2.05, 4.69) is 27.4 Å². The number of nitrogens with one attached hydrogen (secondary N) is 1. The second-order valence-corrected chi connectivity index (χ2v) is 10.2. The van der Waals surface area contributed by atoms with Gasteiger partial charge < -0.3 is 5.32 Å². The predicted molar refractivity (Wildman–Crippen MR) is 105 cm³/mol. The number of thiazole rings is 1. The van der Waals surface area contributed by atoms with Crippen LogP contribution in [0.4, 0.5) is 5.13 Å². The highest BCUT2D eigenvalue weighted by Gasteiger charge is 2.32. The Hall–Kier alpha value is -1.84. The van der Waals surface area contributed by atoms with E-state index >= 15 is 0 Å². The summed E-state index contributed by atoms with van der Waals surface area (Å²) in [5.74, 6) is 0.00623. The Morgan fingerprint density at radius 2 is 2.04 bits per heavy atom. The number of rotatable bonds is 5. The zero-order valence-corrected chi connectivity index (χ0v) is 17.4. The third-order valence-corrected chi connectivity index (χ3v) is 7.72. The van der Waals surface area contributed by atoms with Crippen LogP contribution in [0.2, 0.25) is 0 Å². The summed E-state index contributed by atoms with van der Waals surface area (Å²) in [6.07, 6.45) is 4.01. The number of carbonyl (C=O) groups is 1. The minimum atomic E-state index is -3.59. The summed E-state index contributed by atoms with van der Waals surface area (Å²) in [5.41, 5.74) is 3.18. The SMILES string of the molecule is CC(=O)Nc1ncc(S(=O)(=O)N2CCCC(Cc3cc(C)nc(C)c3)C2)s1. The number of sulfonamides is 1. The van der Waals surface area contributed by atoms with Crippen molar-refractivity contribution < 1.29 is 13.2 Å². The summed E-state index contributed by atoms with van der Waals surface area (Å²) in [4.78, 5) is 19.5. The first-order valence-corrected chi connectivity index (χ1v) is 11.2. The number of carbonyl (C=O) groups excluding carboxylic acids is 1. The topological polar surface area (TPSA) is 92.3 Å². The zero-order chi connectivity index (χ0) is 19.6. The van der Waals surface area contributed by atoms with E-state index in [1.165, 1.54) is 18.7 Å². The molecule has 0 spiro atoms. The molecule has 1 amide bonds. The lowest BCUT2D eigenvalue weighted by Gasteiger charge is -2.31. The van der Waals surface area contributed by atoms with Gasteiger partial charge in [-0.3, -0.25) is 9.78 Å². The Bertz CT molecular complexity index is 920. The van der Waals surface area contributed by atoms with Crippen LogP contribution < -0.4 is 5.32 Å². The Morgan fingerprint density at radius 3 is 2.70 bits per heavy atom. The van der Waals surface area contributed by atoms with E-state index in [-0.39, 0.29) is 16.0 Å². The molecule has 1 unspecified atom stereocenters. The normalized spacial score (nSPS) is 18.4. The summed E-state index contributed by atoms with van der Waals surface area (Å²) in [6.45, 7) is 6.33.